The molecular weight excluding hydrogens is 222 g/mol. The SMILES string of the molecule is CC1CC(OC2(CC(=O)O)CNC2)CC(C)O1. The van der Waals surface area contributed by atoms with Gasteiger partial charge in [0, 0.05) is 13.1 Å². The molecule has 0 bridgehead atoms. The van der Waals surface area contributed by atoms with E-state index in [0.717, 1.165) is 12.8 Å². The van der Waals surface area contributed by atoms with Crippen molar-refractivity contribution in [3.05, 3.63) is 0 Å². The van der Waals surface area contributed by atoms with Crippen LogP contribution in [0, 0.1) is 0 Å². The normalized spacial score (nSPS) is 36.2. The van der Waals surface area contributed by atoms with E-state index in [4.69, 9.17) is 14.6 Å². The third-order valence-electron chi connectivity index (χ3n) is 3.44. The fraction of sp³-hybridized carbons (Fsp3) is 0.917. The van der Waals surface area contributed by atoms with Gasteiger partial charge in [-0.1, -0.05) is 0 Å². The molecule has 0 aromatic rings. The van der Waals surface area contributed by atoms with E-state index in [1.807, 2.05) is 13.8 Å². The quantitative estimate of drug-likeness (QED) is 0.763. The average Bonchev–Trinajstić information content (AvgIpc) is 2.11. The Morgan fingerprint density at radius 3 is 2.41 bits per heavy atom. The van der Waals surface area contributed by atoms with Crippen molar-refractivity contribution in [1.82, 2.24) is 5.32 Å². The second kappa shape index (κ2) is 4.92. The highest BCUT2D eigenvalue weighted by Gasteiger charge is 2.43. The van der Waals surface area contributed by atoms with E-state index in [1.165, 1.54) is 0 Å². The summed E-state index contributed by atoms with van der Waals surface area (Å²) >= 11 is 0. The number of carbonyl (C=O) groups is 1. The standard InChI is InChI=1S/C12H21NO4/c1-8-3-10(4-9(2)16-8)17-12(5-11(14)15)6-13-7-12/h8-10,13H,3-7H2,1-2H3,(H,14,15). The number of hydrogen-bond acceptors (Lipinski definition) is 4. The van der Waals surface area contributed by atoms with Crippen molar-refractivity contribution in [3.63, 3.8) is 0 Å². The molecule has 0 aromatic heterocycles. The lowest BCUT2D eigenvalue weighted by atomic mass is 9.91. The van der Waals surface area contributed by atoms with Gasteiger partial charge in [0.15, 0.2) is 0 Å². The molecule has 0 aromatic carbocycles. The number of carboxylic acid groups (broad SMARTS) is 1. The third kappa shape index (κ3) is 3.18. The summed E-state index contributed by atoms with van der Waals surface area (Å²) in [5.74, 6) is -0.792. The zero-order chi connectivity index (χ0) is 12.5. The summed E-state index contributed by atoms with van der Waals surface area (Å²) in [6.45, 7) is 5.35. The van der Waals surface area contributed by atoms with Gasteiger partial charge in [0.05, 0.1) is 24.7 Å². The first-order chi connectivity index (χ1) is 7.99. The van der Waals surface area contributed by atoms with E-state index in [0.29, 0.717) is 13.1 Å². The highest BCUT2D eigenvalue weighted by molar-refractivity contribution is 5.68. The van der Waals surface area contributed by atoms with Crippen LogP contribution in [0.25, 0.3) is 0 Å². The van der Waals surface area contributed by atoms with Crippen molar-refractivity contribution in [2.24, 2.45) is 0 Å². The first-order valence-electron chi connectivity index (χ1n) is 6.25. The summed E-state index contributed by atoms with van der Waals surface area (Å²) in [7, 11) is 0. The van der Waals surface area contributed by atoms with Gasteiger partial charge in [-0.3, -0.25) is 4.79 Å². The van der Waals surface area contributed by atoms with Crippen LogP contribution in [0.1, 0.15) is 33.1 Å². The summed E-state index contributed by atoms with van der Waals surface area (Å²) in [5.41, 5.74) is -0.493. The van der Waals surface area contributed by atoms with Gasteiger partial charge in [-0.2, -0.15) is 0 Å². The Hall–Kier alpha value is -0.650. The summed E-state index contributed by atoms with van der Waals surface area (Å²) in [6, 6.07) is 0. The Morgan fingerprint density at radius 2 is 2.00 bits per heavy atom. The van der Waals surface area contributed by atoms with Gasteiger partial charge in [0.25, 0.3) is 0 Å². The van der Waals surface area contributed by atoms with Crippen LogP contribution in [0.5, 0.6) is 0 Å². The Bertz CT molecular complexity index is 280. The minimum Gasteiger partial charge on any atom is -0.481 e. The van der Waals surface area contributed by atoms with Crippen LogP contribution in [-0.2, 0) is 14.3 Å². The van der Waals surface area contributed by atoms with Gasteiger partial charge in [0.2, 0.25) is 0 Å². The molecule has 0 saturated carbocycles. The fourth-order valence-electron chi connectivity index (χ4n) is 2.72. The molecule has 17 heavy (non-hydrogen) atoms. The van der Waals surface area contributed by atoms with Crippen LogP contribution in [-0.4, -0.2) is 48.1 Å². The van der Waals surface area contributed by atoms with Crippen molar-refractivity contribution >= 4 is 5.97 Å². The molecule has 2 unspecified atom stereocenters. The first-order valence-corrected chi connectivity index (χ1v) is 6.25. The van der Waals surface area contributed by atoms with Crippen LogP contribution in [0.3, 0.4) is 0 Å². The number of carboxylic acids is 1. The summed E-state index contributed by atoms with van der Waals surface area (Å²) in [4.78, 5) is 10.8. The molecule has 0 amide bonds. The molecule has 2 N–H and O–H groups in total. The van der Waals surface area contributed by atoms with E-state index in [1.54, 1.807) is 0 Å². The monoisotopic (exact) mass is 243 g/mol. The van der Waals surface area contributed by atoms with Gasteiger partial charge in [0.1, 0.15) is 5.60 Å². The second-order valence-corrected chi connectivity index (χ2v) is 5.33. The highest BCUT2D eigenvalue weighted by atomic mass is 16.5. The van der Waals surface area contributed by atoms with Gasteiger partial charge < -0.3 is 19.9 Å². The average molecular weight is 243 g/mol. The lowest BCUT2D eigenvalue weighted by Gasteiger charge is -2.45. The van der Waals surface area contributed by atoms with E-state index in [-0.39, 0.29) is 24.7 Å². The minimum absolute atomic E-state index is 0.0835. The lowest BCUT2D eigenvalue weighted by molar-refractivity contribution is -0.183. The third-order valence-corrected chi connectivity index (χ3v) is 3.44. The molecule has 2 fully saturated rings. The fourth-order valence-corrected chi connectivity index (χ4v) is 2.72. The number of ether oxygens (including phenoxy) is 2. The molecular formula is C12H21NO4. The second-order valence-electron chi connectivity index (χ2n) is 5.33. The topological polar surface area (TPSA) is 67.8 Å². The van der Waals surface area contributed by atoms with E-state index in [9.17, 15) is 4.79 Å². The van der Waals surface area contributed by atoms with Gasteiger partial charge in [-0.25, -0.2) is 0 Å². The number of rotatable bonds is 4. The smallest absolute Gasteiger partial charge is 0.306 e. The van der Waals surface area contributed by atoms with Crippen LogP contribution >= 0.6 is 0 Å². The molecule has 2 aliphatic heterocycles. The molecule has 0 spiro atoms. The van der Waals surface area contributed by atoms with E-state index >= 15 is 0 Å². The predicted octanol–water partition coefficient (Wildman–Crippen LogP) is 0.776. The maximum absolute atomic E-state index is 10.8. The lowest BCUT2D eigenvalue weighted by Crippen LogP contribution is -2.63. The molecule has 5 nitrogen and oxygen atoms in total. The molecule has 98 valence electrons. The summed E-state index contributed by atoms with van der Waals surface area (Å²) < 4.78 is 11.7. The van der Waals surface area contributed by atoms with Crippen LogP contribution < -0.4 is 5.32 Å². The molecule has 5 heteroatoms. The molecule has 2 rings (SSSR count). The largest absolute Gasteiger partial charge is 0.481 e. The van der Waals surface area contributed by atoms with Crippen molar-refractivity contribution in [2.45, 2.75) is 57.0 Å². The van der Waals surface area contributed by atoms with Crippen molar-refractivity contribution in [2.75, 3.05) is 13.1 Å². The van der Waals surface area contributed by atoms with Gasteiger partial charge >= 0.3 is 5.97 Å². The number of hydrogen-bond donors (Lipinski definition) is 2. The summed E-state index contributed by atoms with van der Waals surface area (Å²) in [6.07, 6.45) is 2.30. The molecule has 2 heterocycles. The Labute approximate surface area is 101 Å². The zero-order valence-electron chi connectivity index (χ0n) is 10.4. The zero-order valence-corrected chi connectivity index (χ0v) is 10.4. The summed E-state index contributed by atoms with van der Waals surface area (Å²) in [5, 5.41) is 12.0. The van der Waals surface area contributed by atoms with Crippen LogP contribution in [0.15, 0.2) is 0 Å². The first kappa shape index (κ1) is 12.8. The Kier molecular flexibility index (Phi) is 3.70. The Morgan fingerprint density at radius 1 is 1.41 bits per heavy atom. The molecule has 2 aliphatic rings. The predicted molar refractivity (Wildman–Crippen MR) is 62.0 cm³/mol. The maximum Gasteiger partial charge on any atom is 0.306 e. The van der Waals surface area contributed by atoms with Crippen LogP contribution in [0.2, 0.25) is 0 Å². The molecule has 0 aliphatic carbocycles. The Balaban J connectivity index is 1.91. The molecule has 0 radical (unpaired) electrons. The van der Waals surface area contributed by atoms with E-state index in [2.05, 4.69) is 5.32 Å². The minimum atomic E-state index is -0.792. The van der Waals surface area contributed by atoms with Gasteiger partial charge in [-0.05, 0) is 26.7 Å². The van der Waals surface area contributed by atoms with Crippen molar-refractivity contribution < 1.29 is 19.4 Å². The van der Waals surface area contributed by atoms with Crippen molar-refractivity contribution in [3.8, 4) is 0 Å². The molecule has 2 atom stereocenters. The maximum atomic E-state index is 10.8. The van der Waals surface area contributed by atoms with E-state index < -0.39 is 11.6 Å². The highest BCUT2D eigenvalue weighted by Crippen LogP contribution is 2.30. The number of nitrogens with one attached hydrogen (secondary N) is 1. The van der Waals surface area contributed by atoms with Gasteiger partial charge in [-0.15, -0.1) is 0 Å². The van der Waals surface area contributed by atoms with Crippen LogP contribution in [0.4, 0.5) is 0 Å². The number of aliphatic carboxylic acids is 1. The van der Waals surface area contributed by atoms with Crippen molar-refractivity contribution in [1.29, 1.82) is 0 Å². The molecule has 2 saturated heterocycles.